The number of para-hydroxylation sites is 1. The van der Waals surface area contributed by atoms with Crippen LogP contribution < -0.4 is 5.73 Å². The van der Waals surface area contributed by atoms with Gasteiger partial charge in [-0.2, -0.15) is 0 Å². The topological polar surface area (TPSA) is 46.3 Å². The van der Waals surface area contributed by atoms with Gasteiger partial charge in [-0.05, 0) is 49.7 Å². The summed E-state index contributed by atoms with van der Waals surface area (Å²) in [6, 6.07) is 5.74. The van der Waals surface area contributed by atoms with Crippen LogP contribution in [0.25, 0.3) is 0 Å². The minimum Gasteiger partial charge on any atom is -0.398 e. The highest BCUT2D eigenvalue weighted by molar-refractivity contribution is 5.99. The Labute approximate surface area is 127 Å². The Morgan fingerprint density at radius 2 is 1.76 bits per heavy atom. The summed E-state index contributed by atoms with van der Waals surface area (Å²) in [7, 11) is 0. The van der Waals surface area contributed by atoms with Crippen LogP contribution in [0.5, 0.6) is 0 Å². The lowest BCUT2D eigenvalue weighted by atomic mass is 9.68. The summed E-state index contributed by atoms with van der Waals surface area (Å²) >= 11 is 0. The number of likely N-dealkylation sites (tertiary alicyclic amines) is 1. The van der Waals surface area contributed by atoms with E-state index in [1.54, 1.807) is 0 Å². The predicted molar refractivity (Wildman–Crippen MR) is 86.2 cm³/mol. The number of aryl methyl sites for hydroxylation is 1. The Kier molecular flexibility index (Phi) is 3.92. The van der Waals surface area contributed by atoms with E-state index in [1.165, 1.54) is 44.9 Å². The maximum absolute atomic E-state index is 12.7. The van der Waals surface area contributed by atoms with Gasteiger partial charge in [0.1, 0.15) is 0 Å². The predicted octanol–water partition coefficient (Wildman–Crippen LogP) is 3.76. The second kappa shape index (κ2) is 5.70. The highest BCUT2D eigenvalue weighted by Crippen LogP contribution is 2.44. The summed E-state index contributed by atoms with van der Waals surface area (Å²) in [4.78, 5) is 14.7. The van der Waals surface area contributed by atoms with Gasteiger partial charge in [0.25, 0.3) is 5.91 Å². The van der Waals surface area contributed by atoms with Gasteiger partial charge in [0.2, 0.25) is 0 Å². The van der Waals surface area contributed by atoms with E-state index in [9.17, 15) is 4.79 Å². The van der Waals surface area contributed by atoms with Crippen LogP contribution in [-0.2, 0) is 0 Å². The molecule has 2 fully saturated rings. The molecule has 1 aliphatic carbocycles. The maximum Gasteiger partial charge on any atom is 0.255 e. The molecule has 1 saturated carbocycles. The zero-order valence-electron chi connectivity index (χ0n) is 13.0. The van der Waals surface area contributed by atoms with Crippen LogP contribution in [0.15, 0.2) is 18.2 Å². The second-order valence-corrected chi connectivity index (χ2v) is 6.89. The molecule has 3 rings (SSSR count). The molecule has 3 nitrogen and oxygen atoms in total. The lowest BCUT2D eigenvalue weighted by molar-refractivity contribution is 0.0473. The molecule has 0 radical (unpaired) electrons. The molecule has 1 aromatic rings. The number of benzene rings is 1. The van der Waals surface area contributed by atoms with Crippen LogP contribution >= 0.6 is 0 Å². The molecule has 0 aromatic heterocycles. The number of rotatable bonds is 1. The third-order valence-corrected chi connectivity index (χ3v) is 5.58. The highest BCUT2D eigenvalue weighted by atomic mass is 16.2. The van der Waals surface area contributed by atoms with Gasteiger partial charge in [-0.3, -0.25) is 4.79 Å². The molecule has 1 aromatic carbocycles. The van der Waals surface area contributed by atoms with E-state index in [4.69, 9.17) is 5.73 Å². The summed E-state index contributed by atoms with van der Waals surface area (Å²) < 4.78 is 0. The first kappa shape index (κ1) is 14.4. The van der Waals surface area contributed by atoms with E-state index in [1.807, 2.05) is 30.0 Å². The number of hydrogen-bond acceptors (Lipinski definition) is 2. The van der Waals surface area contributed by atoms with Crippen molar-refractivity contribution in [2.45, 2.75) is 51.9 Å². The highest BCUT2D eigenvalue weighted by Gasteiger charge is 2.36. The Balaban J connectivity index is 1.69. The fraction of sp³-hybridized carbons (Fsp3) is 0.611. The molecule has 1 spiro atoms. The molecule has 0 bridgehead atoms. The fourth-order valence-corrected chi connectivity index (χ4v) is 4.02. The molecule has 1 aliphatic heterocycles. The number of anilines is 1. The maximum atomic E-state index is 12.7. The average Bonchev–Trinajstić information content (AvgIpc) is 2.51. The molecule has 114 valence electrons. The van der Waals surface area contributed by atoms with Crippen molar-refractivity contribution >= 4 is 11.6 Å². The van der Waals surface area contributed by atoms with E-state index in [0.29, 0.717) is 16.7 Å². The number of hydrogen-bond donors (Lipinski definition) is 1. The van der Waals surface area contributed by atoms with Crippen molar-refractivity contribution in [3.8, 4) is 0 Å². The summed E-state index contributed by atoms with van der Waals surface area (Å²) in [5.41, 5.74) is 8.92. The standard InChI is InChI=1S/C18H26N2O/c1-14-6-5-7-15(16(14)19)17(21)20-12-10-18(11-13-20)8-3-2-4-9-18/h5-7H,2-4,8-13,19H2,1H3. The lowest BCUT2D eigenvalue weighted by Gasteiger charge is -2.44. The van der Waals surface area contributed by atoms with Gasteiger partial charge in [0.15, 0.2) is 0 Å². The summed E-state index contributed by atoms with van der Waals surface area (Å²) in [5, 5.41) is 0. The van der Waals surface area contributed by atoms with Crippen molar-refractivity contribution in [3.05, 3.63) is 29.3 Å². The van der Waals surface area contributed by atoms with Gasteiger partial charge >= 0.3 is 0 Å². The van der Waals surface area contributed by atoms with Crippen LogP contribution in [0.1, 0.15) is 60.9 Å². The van der Waals surface area contributed by atoms with E-state index in [0.717, 1.165) is 18.7 Å². The first-order chi connectivity index (χ1) is 10.1. The monoisotopic (exact) mass is 286 g/mol. The van der Waals surface area contributed by atoms with Crippen molar-refractivity contribution in [1.29, 1.82) is 0 Å². The molecule has 1 saturated heterocycles. The largest absolute Gasteiger partial charge is 0.398 e. The first-order valence-electron chi connectivity index (χ1n) is 8.26. The zero-order valence-corrected chi connectivity index (χ0v) is 13.0. The molecule has 21 heavy (non-hydrogen) atoms. The molecule has 1 heterocycles. The molecule has 1 amide bonds. The van der Waals surface area contributed by atoms with Crippen LogP contribution in [0.2, 0.25) is 0 Å². The van der Waals surface area contributed by atoms with Crippen molar-refractivity contribution in [2.75, 3.05) is 18.8 Å². The third-order valence-electron chi connectivity index (χ3n) is 5.58. The Morgan fingerprint density at radius 1 is 1.10 bits per heavy atom. The van der Waals surface area contributed by atoms with Crippen molar-refractivity contribution < 1.29 is 4.79 Å². The molecule has 2 aliphatic rings. The molecule has 2 N–H and O–H groups in total. The van der Waals surface area contributed by atoms with Gasteiger partial charge in [0, 0.05) is 18.8 Å². The van der Waals surface area contributed by atoms with Crippen LogP contribution in [-0.4, -0.2) is 23.9 Å². The van der Waals surface area contributed by atoms with Crippen molar-refractivity contribution in [1.82, 2.24) is 4.90 Å². The van der Waals surface area contributed by atoms with Gasteiger partial charge in [0.05, 0.1) is 5.56 Å². The van der Waals surface area contributed by atoms with Gasteiger partial charge in [-0.1, -0.05) is 31.4 Å². The van der Waals surface area contributed by atoms with Crippen LogP contribution in [0.4, 0.5) is 5.69 Å². The van der Waals surface area contributed by atoms with E-state index < -0.39 is 0 Å². The molecule has 3 heteroatoms. The van der Waals surface area contributed by atoms with Gasteiger partial charge in [-0.25, -0.2) is 0 Å². The quantitative estimate of drug-likeness (QED) is 0.799. The normalized spacial score (nSPS) is 21.5. The lowest BCUT2D eigenvalue weighted by Crippen LogP contribution is -2.44. The third kappa shape index (κ3) is 2.78. The second-order valence-electron chi connectivity index (χ2n) is 6.89. The Hall–Kier alpha value is -1.51. The van der Waals surface area contributed by atoms with Gasteiger partial charge < -0.3 is 10.6 Å². The number of carbonyl (C=O) groups is 1. The van der Waals surface area contributed by atoms with Crippen LogP contribution in [0, 0.1) is 12.3 Å². The number of carbonyl (C=O) groups excluding carboxylic acids is 1. The number of piperidine rings is 1. The minimum atomic E-state index is 0.113. The molecular weight excluding hydrogens is 260 g/mol. The zero-order chi connectivity index (χ0) is 14.9. The molecule has 0 unspecified atom stereocenters. The minimum absolute atomic E-state index is 0.113. The number of nitrogens with two attached hydrogens (primary N) is 1. The smallest absolute Gasteiger partial charge is 0.255 e. The Morgan fingerprint density at radius 3 is 2.43 bits per heavy atom. The SMILES string of the molecule is Cc1cccc(C(=O)N2CCC3(CCCCC3)CC2)c1N. The van der Waals surface area contributed by atoms with E-state index in [-0.39, 0.29) is 5.91 Å². The first-order valence-corrected chi connectivity index (χ1v) is 8.26. The van der Waals surface area contributed by atoms with Crippen LogP contribution in [0.3, 0.4) is 0 Å². The number of nitrogen functional groups attached to an aromatic ring is 1. The molecular formula is C18H26N2O. The van der Waals surface area contributed by atoms with E-state index in [2.05, 4.69) is 0 Å². The van der Waals surface area contributed by atoms with Crippen molar-refractivity contribution in [2.24, 2.45) is 5.41 Å². The van der Waals surface area contributed by atoms with Gasteiger partial charge in [-0.15, -0.1) is 0 Å². The summed E-state index contributed by atoms with van der Waals surface area (Å²) in [5.74, 6) is 0.113. The fourth-order valence-electron chi connectivity index (χ4n) is 4.02. The average molecular weight is 286 g/mol. The van der Waals surface area contributed by atoms with Crippen molar-refractivity contribution in [3.63, 3.8) is 0 Å². The molecule has 0 atom stereocenters. The summed E-state index contributed by atoms with van der Waals surface area (Å²) in [6.07, 6.45) is 9.21. The Bertz CT molecular complexity index is 522. The summed E-state index contributed by atoms with van der Waals surface area (Å²) in [6.45, 7) is 3.75. The number of nitrogens with zero attached hydrogens (tertiary/aromatic N) is 1. The van der Waals surface area contributed by atoms with E-state index >= 15 is 0 Å². The number of amides is 1.